The molecule has 2 heterocycles. The van der Waals surface area contributed by atoms with Crippen LogP contribution in [0.25, 0.3) is 21.5 Å². The van der Waals surface area contributed by atoms with E-state index in [4.69, 9.17) is 4.98 Å². The molecular formula is C17H17N3S. The number of nitrogens with zero attached hydrogens (tertiary/aromatic N) is 2. The number of nitrogens with one attached hydrogen (secondary N) is 1. The predicted octanol–water partition coefficient (Wildman–Crippen LogP) is 3.96. The van der Waals surface area contributed by atoms with Crippen molar-refractivity contribution in [1.29, 1.82) is 0 Å². The molecule has 2 aromatic heterocycles. The summed E-state index contributed by atoms with van der Waals surface area (Å²) in [6, 6.07) is 10.8. The van der Waals surface area contributed by atoms with Crippen LogP contribution in [-0.4, -0.2) is 17.0 Å². The van der Waals surface area contributed by atoms with Gasteiger partial charge in [0.1, 0.15) is 5.01 Å². The summed E-state index contributed by atoms with van der Waals surface area (Å²) in [6.07, 6.45) is 5.48. The van der Waals surface area contributed by atoms with E-state index in [1.54, 1.807) is 0 Å². The quantitative estimate of drug-likeness (QED) is 0.777. The molecule has 1 aliphatic rings. The van der Waals surface area contributed by atoms with Crippen molar-refractivity contribution in [2.45, 2.75) is 25.3 Å². The van der Waals surface area contributed by atoms with Gasteiger partial charge in [0.2, 0.25) is 0 Å². The van der Waals surface area contributed by atoms with E-state index < -0.39 is 0 Å². The van der Waals surface area contributed by atoms with Gasteiger partial charge in [-0.2, -0.15) is 0 Å². The zero-order valence-corrected chi connectivity index (χ0v) is 12.8. The van der Waals surface area contributed by atoms with E-state index in [1.165, 1.54) is 34.4 Å². The molecule has 0 bridgehead atoms. The summed E-state index contributed by atoms with van der Waals surface area (Å²) in [5, 5.41) is 5.71. The second-order valence-electron chi connectivity index (χ2n) is 5.44. The zero-order valence-electron chi connectivity index (χ0n) is 12.0. The van der Waals surface area contributed by atoms with E-state index in [9.17, 15) is 0 Å². The van der Waals surface area contributed by atoms with E-state index in [2.05, 4.69) is 34.6 Å². The Bertz CT molecular complexity index is 788. The first-order valence-electron chi connectivity index (χ1n) is 7.38. The summed E-state index contributed by atoms with van der Waals surface area (Å²) in [6.45, 7) is 0. The minimum Gasteiger partial charge on any atom is -0.312 e. The predicted molar refractivity (Wildman–Crippen MR) is 87.6 cm³/mol. The average molecular weight is 295 g/mol. The van der Waals surface area contributed by atoms with Crippen LogP contribution in [0.2, 0.25) is 0 Å². The molecule has 0 spiro atoms. The average Bonchev–Trinajstić information content (AvgIpc) is 2.98. The molecule has 4 rings (SSSR count). The molecule has 1 aromatic carbocycles. The monoisotopic (exact) mass is 295 g/mol. The number of benzene rings is 1. The molecule has 3 aromatic rings. The minimum atomic E-state index is 0.409. The van der Waals surface area contributed by atoms with Crippen molar-refractivity contribution < 1.29 is 0 Å². The Morgan fingerprint density at radius 2 is 2.14 bits per heavy atom. The van der Waals surface area contributed by atoms with Crippen LogP contribution in [0.5, 0.6) is 0 Å². The van der Waals surface area contributed by atoms with E-state index >= 15 is 0 Å². The second-order valence-corrected chi connectivity index (χ2v) is 6.52. The molecular weight excluding hydrogens is 278 g/mol. The Hall–Kier alpha value is -1.78. The third kappa shape index (κ3) is 2.15. The standard InChI is InChI=1S/C17H17N3S/c1-18-14-7-4-8-15-16(14)20-17(21-15)12-9-10-19-13-6-3-2-5-11(12)13/h2-3,5-6,9-10,14,18H,4,7-8H2,1H3. The Morgan fingerprint density at radius 1 is 1.24 bits per heavy atom. The van der Waals surface area contributed by atoms with Crippen molar-refractivity contribution in [3.63, 3.8) is 0 Å². The molecule has 1 atom stereocenters. The van der Waals surface area contributed by atoms with Crippen LogP contribution in [0.1, 0.15) is 29.5 Å². The molecule has 0 saturated carbocycles. The van der Waals surface area contributed by atoms with E-state index in [0.717, 1.165) is 16.9 Å². The molecule has 0 fully saturated rings. The Morgan fingerprint density at radius 3 is 3.05 bits per heavy atom. The molecule has 0 radical (unpaired) electrons. The number of aromatic nitrogens is 2. The number of fused-ring (bicyclic) bond motifs is 2. The number of pyridine rings is 1. The van der Waals surface area contributed by atoms with Crippen LogP contribution in [0.4, 0.5) is 0 Å². The normalized spacial score (nSPS) is 17.9. The molecule has 0 amide bonds. The number of aryl methyl sites for hydroxylation is 1. The van der Waals surface area contributed by atoms with Crippen molar-refractivity contribution >= 4 is 22.2 Å². The molecule has 1 aliphatic carbocycles. The van der Waals surface area contributed by atoms with Crippen molar-refractivity contribution in [1.82, 2.24) is 15.3 Å². The van der Waals surface area contributed by atoms with Crippen LogP contribution in [-0.2, 0) is 6.42 Å². The maximum atomic E-state index is 4.95. The van der Waals surface area contributed by atoms with Gasteiger partial charge in [0, 0.05) is 22.0 Å². The van der Waals surface area contributed by atoms with Gasteiger partial charge in [0.25, 0.3) is 0 Å². The van der Waals surface area contributed by atoms with E-state index in [0.29, 0.717) is 6.04 Å². The van der Waals surface area contributed by atoms with Gasteiger partial charge in [0.05, 0.1) is 17.3 Å². The van der Waals surface area contributed by atoms with E-state index in [-0.39, 0.29) is 0 Å². The summed E-state index contributed by atoms with van der Waals surface area (Å²) >= 11 is 1.84. The summed E-state index contributed by atoms with van der Waals surface area (Å²) in [4.78, 5) is 10.8. The summed E-state index contributed by atoms with van der Waals surface area (Å²) in [7, 11) is 2.03. The van der Waals surface area contributed by atoms with Gasteiger partial charge < -0.3 is 5.32 Å². The van der Waals surface area contributed by atoms with Crippen molar-refractivity contribution in [2.75, 3.05) is 7.05 Å². The number of para-hydroxylation sites is 1. The molecule has 4 heteroatoms. The zero-order chi connectivity index (χ0) is 14.2. The van der Waals surface area contributed by atoms with Crippen LogP contribution in [0.3, 0.4) is 0 Å². The molecule has 3 nitrogen and oxygen atoms in total. The van der Waals surface area contributed by atoms with Gasteiger partial charge in [-0.15, -0.1) is 11.3 Å². The van der Waals surface area contributed by atoms with Crippen LogP contribution in [0, 0.1) is 0 Å². The smallest absolute Gasteiger partial charge is 0.124 e. The van der Waals surface area contributed by atoms with Gasteiger partial charge in [-0.25, -0.2) is 4.98 Å². The lowest BCUT2D eigenvalue weighted by molar-refractivity contribution is 0.490. The highest BCUT2D eigenvalue weighted by molar-refractivity contribution is 7.15. The highest BCUT2D eigenvalue weighted by Gasteiger charge is 2.24. The molecule has 1 unspecified atom stereocenters. The first-order chi connectivity index (χ1) is 10.4. The second kappa shape index (κ2) is 5.20. The largest absolute Gasteiger partial charge is 0.312 e. The van der Waals surface area contributed by atoms with Crippen molar-refractivity contribution in [3.8, 4) is 10.6 Å². The van der Waals surface area contributed by atoms with Crippen molar-refractivity contribution in [2.24, 2.45) is 0 Å². The lowest BCUT2D eigenvalue weighted by Gasteiger charge is -2.19. The first-order valence-corrected chi connectivity index (χ1v) is 8.19. The number of thiazole rings is 1. The van der Waals surface area contributed by atoms with Gasteiger partial charge in [0.15, 0.2) is 0 Å². The third-order valence-corrected chi connectivity index (χ3v) is 5.35. The lowest BCUT2D eigenvalue weighted by Crippen LogP contribution is -2.21. The maximum Gasteiger partial charge on any atom is 0.124 e. The molecule has 106 valence electrons. The molecule has 21 heavy (non-hydrogen) atoms. The number of rotatable bonds is 2. The Kier molecular flexibility index (Phi) is 3.20. The minimum absolute atomic E-state index is 0.409. The highest BCUT2D eigenvalue weighted by Crippen LogP contribution is 2.38. The SMILES string of the molecule is CNC1CCCc2sc(-c3ccnc4ccccc34)nc21. The van der Waals surface area contributed by atoms with Crippen molar-refractivity contribution in [3.05, 3.63) is 47.1 Å². The maximum absolute atomic E-state index is 4.95. The lowest BCUT2D eigenvalue weighted by atomic mass is 9.98. The van der Waals surface area contributed by atoms with Gasteiger partial charge in [-0.05, 0) is 38.4 Å². The van der Waals surface area contributed by atoms with Crippen LogP contribution >= 0.6 is 11.3 Å². The Balaban J connectivity index is 1.88. The third-order valence-electron chi connectivity index (χ3n) is 4.18. The molecule has 0 aliphatic heterocycles. The van der Waals surface area contributed by atoms with E-state index in [1.807, 2.05) is 30.6 Å². The number of hydrogen-bond donors (Lipinski definition) is 1. The number of hydrogen-bond acceptors (Lipinski definition) is 4. The van der Waals surface area contributed by atoms with Gasteiger partial charge in [-0.1, -0.05) is 18.2 Å². The first kappa shape index (κ1) is 12.9. The van der Waals surface area contributed by atoms with Gasteiger partial charge >= 0.3 is 0 Å². The fraction of sp³-hybridized carbons (Fsp3) is 0.294. The fourth-order valence-corrected chi connectivity index (χ4v) is 4.30. The fourth-order valence-electron chi connectivity index (χ4n) is 3.10. The summed E-state index contributed by atoms with van der Waals surface area (Å²) in [5.74, 6) is 0. The Labute approximate surface area is 128 Å². The van der Waals surface area contributed by atoms with Crippen LogP contribution < -0.4 is 5.32 Å². The topological polar surface area (TPSA) is 37.8 Å². The molecule has 0 saturated heterocycles. The highest BCUT2D eigenvalue weighted by atomic mass is 32.1. The van der Waals surface area contributed by atoms with Gasteiger partial charge in [-0.3, -0.25) is 4.98 Å². The van der Waals surface area contributed by atoms with Crippen LogP contribution in [0.15, 0.2) is 36.5 Å². The summed E-state index contributed by atoms with van der Waals surface area (Å²) in [5.41, 5.74) is 3.49. The molecule has 1 N–H and O–H groups in total. The summed E-state index contributed by atoms with van der Waals surface area (Å²) < 4.78 is 0.